The van der Waals surface area contributed by atoms with Crippen LogP contribution in [0.15, 0.2) is 34.1 Å². The molecule has 2 aromatic carbocycles. The molecule has 0 spiro atoms. The molecular weight excluding hydrogens is 661 g/mol. The first kappa shape index (κ1) is 42.2. The summed E-state index contributed by atoms with van der Waals surface area (Å²) in [4.78, 5) is 49.7. The number of hydrogen-bond donors (Lipinski definition) is 2. The minimum atomic E-state index is -1.05. The van der Waals surface area contributed by atoms with Gasteiger partial charge in [-0.1, -0.05) is 69.2 Å². The SMILES string of the molecule is CC(C)Cc1cc(SC(C)(C)Sc2cc(C(C)(C)C)c(OC(=O)CCC(=O)O)c(C(C)(C)C)c2)cc(CC(C)C)c1OC(=O)CCC(=O)O. The first-order valence-electron chi connectivity index (χ1n) is 17.0. The summed E-state index contributed by atoms with van der Waals surface area (Å²) in [5.74, 6) is -1.56. The maximum absolute atomic E-state index is 12.8. The number of thioether (sulfide) groups is 2. The average molecular weight is 717 g/mol. The molecule has 0 aliphatic heterocycles. The lowest BCUT2D eigenvalue weighted by Crippen LogP contribution is -2.22. The molecule has 0 amide bonds. The lowest BCUT2D eigenvalue weighted by molar-refractivity contribution is -0.142. The van der Waals surface area contributed by atoms with Gasteiger partial charge in [0.05, 0.1) is 29.8 Å². The minimum absolute atomic E-state index is 0.189. The van der Waals surface area contributed by atoms with Crippen molar-refractivity contribution in [2.24, 2.45) is 11.8 Å². The van der Waals surface area contributed by atoms with Crippen LogP contribution in [-0.4, -0.2) is 38.2 Å². The highest BCUT2D eigenvalue weighted by Gasteiger charge is 2.32. The van der Waals surface area contributed by atoms with Crippen molar-refractivity contribution in [1.29, 1.82) is 0 Å². The maximum atomic E-state index is 12.8. The molecule has 0 saturated heterocycles. The predicted molar refractivity (Wildman–Crippen MR) is 198 cm³/mol. The monoisotopic (exact) mass is 716 g/mol. The van der Waals surface area contributed by atoms with Crippen LogP contribution < -0.4 is 9.47 Å². The fourth-order valence-electron chi connectivity index (χ4n) is 5.32. The number of carboxylic acid groups (broad SMARTS) is 2. The van der Waals surface area contributed by atoms with Gasteiger partial charge in [0.2, 0.25) is 0 Å². The Morgan fingerprint density at radius 2 is 0.939 bits per heavy atom. The number of ether oxygens (including phenoxy) is 2. The lowest BCUT2D eigenvalue weighted by Gasteiger charge is -2.31. The molecule has 0 saturated carbocycles. The Morgan fingerprint density at radius 1 is 0.592 bits per heavy atom. The normalized spacial score (nSPS) is 12.4. The van der Waals surface area contributed by atoms with E-state index in [1.165, 1.54) is 0 Å². The van der Waals surface area contributed by atoms with Crippen molar-refractivity contribution in [2.45, 2.75) is 146 Å². The number of carbonyl (C=O) groups excluding carboxylic acids is 2. The molecule has 49 heavy (non-hydrogen) atoms. The lowest BCUT2D eigenvalue weighted by atomic mass is 9.79. The predicted octanol–water partition coefficient (Wildman–Crippen LogP) is 9.84. The standard InChI is InChI=1S/C39H56O8S2/c1-23(2)17-25-19-27(20-26(18-24(3)4)35(25)46-33(44)15-13-31(40)41)48-39(11,12)49-28-21-29(37(5,6)7)36(30(22-28)38(8,9)10)47-34(45)16-14-32(42)43/h19-24H,13-18H2,1-12H3,(H,40,41)(H,42,43). The van der Waals surface area contributed by atoms with Gasteiger partial charge in [0, 0.05) is 20.9 Å². The molecule has 0 heterocycles. The Balaban J connectivity index is 2.60. The molecule has 0 atom stereocenters. The quantitative estimate of drug-likeness (QED) is 0.0750. The van der Waals surface area contributed by atoms with E-state index < -0.39 is 23.9 Å². The number of hydrogen-bond acceptors (Lipinski definition) is 8. The van der Waals surface area contributed by atoms with Crippen LogP contribution >= 0.6 is 23.5 Å². The second-order valence-electron chi connectivity index (χ2n) is 16.0. The van der Waals surface area contributed by atoms with Crippen LogP contribution in [0.5, 0.6) is 11.5 Å². The first-order valence-corrected chi connectivity index (χ1v) is 18.6. The van der Waals surface area contributed by atoms with Crippen molar-refractivity contribution >= 4 is 47.4 Å². The summed E-state index contributed by atoms with van der Waals surface area (Å²) in [6, 6.07) is 8.35. The number of rotatable bonds is 16. The Labute approximate surface area is 301 Å². The second kappa shape index (κ2) is 17.3. The molecule has 2 aromatic rings. The highest BCUT2D eigenvalue weighted by molar-refractivity contribution is 8.18. The van der Waals surface area contributed by atoms with E-state index in [-0.39, 0.29) is 40.6 Å². The van der Waals surface area contributed by atoms with E-state index in [0.29, 0.717) is 36.2 Å². The molecule has 0 radical (unpaired) electrons. The average Bonchev–Trinajstić information content (AvgIpc) is 2.91. The molecule has 0 unspecified atom stereocenters. The van der Waals surface area contributed by atoms with Gasteiger partial charge in [0.25, 0.3) is 0 Å². The van der Waals surface area contributed by atoms with Gasteiger partial charge in [-0.3, -0.25) is 19.2 Å². The van der Waals surface area contributed by atoms with Gasteiger partial charge in [0.15, 0.2) is 0 Å². The van der Waals surface area contributed by atoms with Crippen LogP contribution in [0.1, 0.15) is 131 Å². The Hall–Kier alpha value is -2.98. The number of benzene rings is 2. The van der Waals surface area contributed by atoms with Gasteiger partial charge in [-0.15, -0.1) is 23.5 Å². The van der Waals surface area contributed by atoms with Crippen molar-refractivity contribution in [1.82, 2.24) is 0 Å². The number of carboxylic acids is 2. The van der Waals surface area contributed by atoms with E-state index >= 15 is 0 Å². The van der Waals surface area contributed by atoms with Crippen LogP contribution in [0.4, 0.5) is 0 Å². The third-order valence-corrected chi connectivity index (χ3v) is 9.82. The van der Waals surface area contributed by atoms with Crippen molar-refractivity contribution in [2.75, 3.05) is 0 Å². The molecule has 0 aliphatic carbocycles. The largest absolute Gasteiger partial charge is 0.481 e. The van der Waals surface area contributed by atoms with Crippen LogP contribution in [0.2, 0.25) is 0 Å². The zero-order valence-corrected chi connectivity index (χ0v) is 33.0. The summed E-state index contributed by atoms with van der Waals surface area (Å²) in [6.07, 6.45) is 0.432. The van der Waals surface area contributed by atoms with Gasteiger partial charge in [0.1, 0.15) is 11.5 Å². The molecule has 0 aromatic heterocycles. The van der Waals surface area contributed by atoms with E-state index in [1.807, 2.05) is 0 Å². The van der Waals surface area contributed by atoms with Crippen molar-refractivity contribution in [3.05, 3.63) is 46.5 Å². The summed E-state index contributed by atoms with van der Waals surface area (Å²) in [5, 5.41) is 18.2. The zero-order valence-electron chi connectivity index (χ0n) is 31.4. The van der Waals surface area contributed by atoms with E-state index in [0.717, 1.165) is 32.0 Å². The number of aliphatic carboxylic acids is 2. The fraction of sp³-hybridized carbons (Fsp3) is 0.590. The van der Waals surface area contributed by atoms with Crippen LogP contribution in [0, 0.1) is 11.8 Å². The number of esters is 2. The summed E-state index contributed by atoms with van der Waals surface area (Å²) in [6.45, 7) is 25.2. The molecular formula is C39H56O8S2. The summed E-state index contributed by atoms with van der Waals surface area (Å²) >= 11 is 3.43. The van der Waals surface area contributed by atoms with E-state index in [2.05, 4.69) is 107 Å². The molecule has 10 heteroatoms. The van der Waals surface area contributed by atoms with Gasteiger partial charge >= 0.3 is 23.9 Å². The number of carbonyl (C=O) groups is 4. The third-order valence-electron chi connectivity index (χ3n) is 7.40. The summed E-state index contributed by atoms with van der Waals surface area (Å²) in [5.41, 5.74) is 2.87. The Bertz CT molecular complexity index is 1440. The van der Waals surface area contributed by atoms with E-state index in [1.54, 1.807) is 23.5 Å². The molecule has 0 aliphatic rings. The fourth-order valence-corrected chi connectivity index (χ4v) is 7.95. The molecule has 0 bridgehead atoms. The van der Waals surface area contributed by atoms with Crippen molar-refractivity contribution in [3.63, 3.8) is 0 Å². The highest BCUT2D eigenvalue weighted by atomic mass is 32.2. The summed E-state index contributed by atoms with van der Waals surface area (Å²) < 4.78 is 11.5. The summed E-state index contributed by atoms with van der Waals surface area (Å²) in [7, 11) is 0. The molecule has 8 nitrogen and oxygen atoms in total. The van der Waals surface area contributed by atoms with Gasteiger partial charge in [-0.2, -0.15) is 0 Å². The van der Waals surface area contributed by atoms with Crippen LogP contribution in [0.3, 0.4) is 0 Å². The van der Waals surface area contributed by atoms with Gasteiger partial charge < -0.3 is 19.7 Å². The smallest absolute Gasteiger partial charge is 0.311 e. The minimum Gasteiger partial charge on any atom is -0.481 e. The van der Waals surface area contributed by atoms with E-state index in [9.17, 15) is 19.2 Å². The second-order valence-corrected chi connectivity index (χ2v) is 19.6. The zero-order chi connectivity index (χ0) is 37.5. The molecule has 2 N–H and O–H groups in total. The topological polar surface area (TPSA) is 127 Å². The highest BCUT2D eigenvalue weighted by Crippen LogP contribution is 2.50. The van der Waals surface area contributed by atoms with Crippen LogP contribution in [-0.2, 0) is 42.8 Å². The van der Waals surface area contributed by atoms with Gasteiger partial charge in [-0.05, 0) is 84.7 Å². The molecule has 2 rings (SSSR count). The Kier molecular flexibility index (Phi) is 14.9. The van der Waals surface area contributed by atoms with E-state index in [4.69, 9.17) is 19.7 Å². The van der Waals surface area contributed by atoms with Gasteiger partial charge in [-0.25, -0.2) is 0 Å². The molecule has 0 fully saturated rings. The maximum Gasteiger partial charge on any atom is 0.311 e. The first-order chi connectivity index (χ1) is 22.4. The third kappa shape index (κ3) is 14.0. The van der Waals surface area contributed by atoms with Crippen LogP contribution in [0.25, 0.3) is 0 Å². The van der Waals surface area contributed by atoms with Crippen molar-refractivity contribution < 1.29 is 38.9 Å². The molecule has 272 valence electrons. The van der Waals surface area contributed by atoms with Crippen molar-refractivity contribution in [3.8, 4) is 11.5 Å². The Morgan fingerprint density at radius 3 is 1.27 bits per heavy atom.